The lowest BCUT2D eigenvalue weighted by Crippen LogP contribution is -2.23. The largest absolute Gasteiger partial charge is 0.478 e. The van der Waals surface area contributed by atoms with E-state index in [-0.39, 0.29) is 5.41 Å². The molecule has 0 aromatic heterocycles. The average molecular weight is 335 g/mol. The second-order valence-electron chi connectivity index (χ2n) is 7.57. The van der Waals surface area contributed by atoms with Crippen molar-refractivity contribution in [2.45, 2.75) is 39.5 Å². The molecule has 3 rings (SSSR count). The van der Waals surface area contributed by atoms with Gasteiger partial charge in [-0.25, -0.2) is 4.79 Å². The lowest BCUT2D eigenvalue weighted by molar-refractivity contribution is 0.0697. The van der Waals surface area contributed by atoms with Gasteiger partial charge in [-0.15, -0.1) is 0 Å². The summed E-state index contributed by atoms with van der Waals surface area (Å²) in [6, 6.07) is 11.6. The quantitative estimate of drug-likeness (QED) is 0.800. The highest BCUT2D eigenvalue weighted by Crippen LogP contribution is 2.42. The maximum atomic E-state index is 11.1. The number of benzene rings is 2. The van der Waals surface area contributed by atoms with Gasteiger partial charge in [-0.05, 0) is 84.3 Å². The summed E-state index contributed by atoms with van der Waals surface area (Å²) in [5, 5.41) is 9.07. The van der Waals surface area contributed by atoms with E-state index in [4.69, 9.17) is 5.11 Å². The summed E-state index contributed by atoms with van der Waals surface area (Å²) >= 11 is 0. The second kappa shape index (κ2) is 6.07. The number of fused-ring (bicyclic) bond motifs is 1. The van der Waals surface area contributed by atoms with E-state index in [0.717, 1.165) is 17.8 Å². The minimum atomic E-state index is -0.900. The van der Waals surface area contributed by atoms with Gasteiger partial charge in [0.1, 0.15) is 0 Å². The van der Waals surface area contributed by atoms with Gasteiger partial charge in [-0.3, -0.25) is 0 Å². The number of nitrogens with zero attached hydrogens (tertiary/aromatic N) is 1. The molecule has 3 nitrogen and oxygen atoms in total. The standard InChI is InChI=1S/C22H25NO2/c1-14-10-11-22(3,4)19-13-20(15(2)12-18(14)19)23(5)17-8-6-16(7-9-17)21(24)25/h6-10,12-13H,11H2,1-5H3,(H,24,25). The number of allylic oxidation sites excluding steroid dienone is 2. The van der Waals surface area contributed by atoms with Crippen molar-refractivity contribution >= 4 is 22.9 Å². The summed E-state index contributed by atoms with van der Waals surface area (Å²) in [5.41, 5.74) is 7.84. The molecule has 0 fully saturated rings. The molecule has 0 unspecified atom stereocenters. The zero-order valence-electron chi connectivity index (χ0n) is 15.6. The van der Waals surface area contributed by atoms with Crippen LogP contribution in [0.1, 0.15) is 54.2 Å². The first-order chi connectivity index (χ1) is 11.7. The number of hydrogen-bond acceptors (Lipinski definition) is 2. The summed E-state index contributed by atoms with van der Waals surface area (Å²) in [6.45, 7) is 8.89. The number of carbonyl (C=O) groups is 1. The van der Waals surface area contributed by atoms with Crippen LogP contribution in [0.3, 0.4) is 0 Å². The third kappa shape index (κ3) is 3.07. The molecule has 1 N–H and O–H groups in total. The fraction of sp³-hybridized carbons (Fsp3) is 0.318. The average Bonchev–Trinajstić information content (AvgIpc) is 2.57. The van der Waals surface area contributed by atoms with Gasteiger partial charge in [0.15, 0.2) is 0 Å². The van der Waals surface area contributed by atoms with Crippen LogP contribution in [-0.4, -0.2) is 18.1 Å². The molecule has 3 heteroatoms. The van der Waals surface area contributed by atoms with Crippen molar-refractivity contribution < 1.29 is 9.90 Å². The van der Waals surface area contributed by atoms with E-state index in [1.54, 1.807) is 12.1 Å². The van der Waals surface area contributed by atoms with Gasteiger partial charge < -0.3 is 10.0 Å². The van der Waals surface area contributed by atoms with Crippen LogP contribution < -0.4 is 4.90 Å². The van der Waals surface area contributed by atoms with Gasteiger partial charge in [0, 0.05) is 18.4 Å². The van der Waals surface area contributed by atoms with E-state index in [1.807, 2.05) is 19.2 Å². The Bertz CT molecular complexity index is 860. The summed E-state index contributed by atoms with van der Waals surface area (Å²) < 4.78 is 0. The Morgan fingerprint density at radius 2 is 1.76 bits per heavy atom. The molecule has 0 atom stereocenters. The van der Waals surface area contributed by atoms with Crippen molar-refractivity contribution in [1.29, 1.82) is 0 Å². The Labute approximate surface area is 149 Å². The molecular weight excluding hydrogens is 310 g/mol. The van der Waals surface area contributed by atoms with E-state index in [0.29, 0.717) is 5.56 Å². The molecule has 0 radical (unpaired) electrons. The highest BCUT2D eigenvalue weighted by Gasteiger charge is 2.28. The molecule has 1 aliphatic rings. The van der Waals surface area contributed by atoms with Crippen LogP contribution in [-0.2, 0) is 5.41 Å². The maximum Gasteiger partial charge on any atom is 0.335 e. The predicted molar refractivity (Wildman–Crippen MR) is 104 cm³/mol. The van der Waals surface area contributed by atoms with Gasteiger partial charge in [0.25, 0.3) is 0 Å². The van der Waals surface area contributed by atoms with Gasteiger partial charge in [-0.1, -0.05) is 19.9 Å². The molecule has 0 bridgehead atoms. The number of aryl methyl sites for hydroxylation is 1. The number of carboxylic acids is 1. The Balaban J connectivity index is 2.05. The molecule has 1 aliphatic carbocycles. The summed E-state index contributed by atoms with van der Waals surface area (Å²) in [4.78, 5) is 13.2. The third-order valence-corrected chi connectivity index (χ3v) is 5.27. The SMILES string of the molecule is CC1=CCC(C)(C)c2cc(N(C)c3ccc(C(=O)O)cc3)c(C)cc21. The molecule has 0 saturated heterocycles. The molecule has 2 aromatic rings. The number of aromatic carboxylic acids is 1. The molecule has 0 heterocycles. The Kier molecular flexibility index (Phi) is 4.19. The molecule has 25 heavy (non-hydrogen) atoms. The zero-order valence-corrected chi connectivity index (χ0v) is 15.6. The van der Waals surface area contributed by atoms with Crippen LogP contribution in [0.2, 0.25) is 0 Å². The number of rotatable bonds is 3. The van der Waals surface area contributed by atoms with Crippen molar-refractivity contribution in [2.24, 2.45) is 0 Å². The first-order valence-electron chi connectivity index (χ1n) is 8.60. The van der Waals surface area contributed by atoms with Gasteiger partial charge in [0.2, 0.25) is 0 Å². The van der Waals surface area contributed by atoms with Crippen molar-refractivity contribution in [3.05, 3.63) is 64.7 Å². The van der Waals surface area contributed by atoms with Crippen molar-refractivity contribution in [1.82, 2.24) is 0 Å². The van der Waals surface area contributed by atoms with E-state index in [2.05, 4.69) is 50.8 Å². The highest BCUT2D eigenvalue weighted by molar-refractivity contribution is 5.88. The third-order valence-electron chi connectivity index (χ3n) is 5.27. The smallest absolute Gasteiger partial charge is 0.335 e. The number of hydrogen-bond donors (Lipinski definition) is 1. The predicted octanol–water partition coefficient (Wildman–Crippen LogP) is 5.55. The molecule has 0 spiro atoms. The summed E-state index contributed by atoms with van der Waals surface area (Å²) in [5.74, 6) is -0.900. The molecule has 0 aliphatic heterocycles. The zero-order chi connectivity index (χ0) is 18.4. The number of anilines is 2. The fourth-order valence-electron chi connectivity index (χ4n) is 3.54. The molecular formula is C22H25NO2. The second-order valence-corrected chi connectivity index (χ2v) is 7.57. The lowest BCUT2D eigenvalue weighted by Gasteiger charge is -2.34. The van der Waals surface area contributed by atoms with Crippen LogP contribution in [0.15, 0.2) is 42.5 Å². The van der Waals surface area contributed by atoms with E-state index >= 15 is 0 Å². The topological polar surface area (TPSA) is 40.5 Å². The monoisotopic (exact) mass is 335 g/mol. The van der Waals surface area contributed by atoms with E-state index in [9.17, 15) is 4.79 Å². The maximum absolute atomic E-state index is 11.1. The number of carboxylic acid groups (broad SMARTS) is 1. The van der Waals surface area contributed by atoms with Crippen LogP contribution in [0.4, 0.5) is 11.4 Å². The fourth-order valence-corrected chi connectivity index (χ4v) is 3.54. The van der Waals surface area contributed by atoms with Crippen molar-refractivity contribution in [3.63, 3.8) is 0 Å². The first kappa shape index (κ1) is 17.3. The van der Waals surface area contributed by atoms with E-state index < -0.39 is 5.97 Å². The summed E-state index contributed by atoms with van der Waals surface area (Å²) in [7, 11) is 2.03. The molecule has 2 aromatic carbocycles. The van der Waals surface area contributed by atoms with Crippen LogP contribution >= 0.6 is 0 Å². The van der Waals surface area contributed by atoms with Gasteiger partial charge in [-0.2, -0.15) is 0 Å². The normalized spacial score (nSPS) is 15.3. The highest BCUT2D eigenvalue weighted by atomic mass is 16.4. The molecule has 0 amide bonds. The van der Waals surface area contributed by atoms with Crippen LogP contribution in [0.5, 0.6) is 0 Å². The lowest BCUT2D eigenvalue weighted by atomic mass is 9.73. The van der Waals surface area contributed by atoms with Gasteiger partial charge >= 0.3 is 5.97 Å². The Hall–Kier alpha value is -2.55. The van der Waals surface area contributed by atoms with Crippen LogP contribution in [0, 0.1) is 6.92 Å². The minimum absolute atomic E-state index is 0.116. The van der Waals surface area contributed by atoms with Crippen molar-refractivity contribution in [2.75, 3.05) is 11.9 Å². The van der Waals surface area contributed by atoms with Crippen LogP contribution in [0.25, 0.3) is 5.57 Å². The first-order valence-corrected chi connectivity index (χ1v) is 8.60. The minimum Gasteiger partial charge on any atom is -0.478 e. The molecule has 130 valence electrons. The van der Waals surface area contributed by atoms with E-state index in [1.165, 1.54) is 22.3 Å². The molecule has 0 saturated carbocycles. The Morgan fingerprint density at radius 1 is 1.12 bits per heavy atom. The Morgan fingerprint density at radius 3 is 2.36 bits per heavy atom. The van der Waals surface area contributed by atoms with Crippen molar-refractivity contribution in [3.8, 4) is 0 Å². The van der Waals surface area contributed by atoms with Gasteiger partial charge in [0.05, 0.1) is 5.56 Å². The summed E-state index contributed by atoms with van der Waals surface area (Å²) in [6.07, 6.45) is 3.38.